The number of nitrogens with zero attached hydrogens (tertiary/aromatic N) is 2. The topological polar surface area (TPSA) is 46.9 Å². The van der Waals surface area contributed by atoms with Crippen LogP contribution in [0.1, 0.15) is 44.7 Å². The van der Waals surface area contributed by atoms with Gasteiger partial charge in [-0.2, -0.15) is 0 Å². The van der Waals surface area contributed by atoms with Crippen molar-refractivity contribution in [3.63, 3.8) is 0 Å². The maximum Gasteiger partial charge on any atom is 0.123 e. The van der Waals surface area contributed by atoms with Crippen LogP contribution in [0.5, 0.6) is 0 Å². The molecule has 2 bridgehead atoms. The van der Waals surface area contributed by atoms with Crippen molar-refractivity contribution in [1.29, 1.82) is 0 Å². The Morgan fingerprint density at radius 3 is 2.44 bits per heavy atom. The maximum absolute atomic E-state index is 13.3. The first kappa shape index (κ1) is 23.2. The Labute approximate surface area is 203 Å². The van der Waals surface area contributed by atoms with E-state index in [0.717, 1.165) is 42.6 Å². The molecule has 2 aliphatic rings. The van der Waals surface area contributed by atoms with Crippen molar-refractivity contribution < 1.29 is 8.60 Å². The molecular formula is C28H32FN3OS. The van der Waals surface area contributed by atoms with Crippen LogP contribution in [0.4, 0.5) is 4.39 Å². The highest BCUT2D eigenvalue weighted by atomic mass is 32.2. The zero-order chi connectivity index (χ0) is 24.1. The Morgan fingerprint density at radius 1 is 1.12 bits per heavy atom. The van der Waals surface area contributed by atoms with Crippen molar-refractivity contribution >= 4 is 11.0 Å². The normalized spacial score (nSPS) is 24.9. The molecule has 0 radical (unpaired) electrons. The van der Waals surface area contributed by atoms with Crippen LogP contribution in [0.15, 0.2) is 67.6 Å². The lowest BCUT2D eigenvalue weighted by atomic mass is 9.80. The van der Waals surface area contributed by atoms with E-state index in [4.69, 9.17) is 0 Å². The minimum Gasteiger partial charge on any atom is -0.306 e. The Balaban J connectivity index is 1.44. The number of hydrogen-bond acceptors (Lipinski definition) is 2. The first-order valence-electron chi connectivity index (χ1n) is 11.9. The first-order chi connectivity index (χ1) is 16.2. The fourth-order valence-electron chi connectivity index (χ4n) is 5.54. The molecule has 1 aromatic heterocycles. The van der Waals surface area contributed by atoms with Crippen molar-refractivity contribution in [3.8, 4) is 16.9 Å². The van der Waals surface area contributed by atoms with Gasteiger partial charge in [-0.25, -0.2) is 18.3 Å². The summed E-state index contributed by atoms with van der Waals surface area (Å²) < 4.78 is 31.5. The molecule has 0 aliphatic heterocycles. The van der Waals surface area contributed by atoms with Gasteiger partial charge in [-0.15, -0.1) is 6.58 Å². The monoisotopic (exact) mass is 477 g/mol. The van der Waals surface area contributed by atoms with Crippen LogP contribution in [0.3, 0.4) is 0 Å². The Morgan fingerprint density at radius 2 is 1.79 bits per heavy atom. The smallest absolute Gasteiger partial charge is 0.123 e. The fraction of sp³-hybridized carbons (Fsp3) is 0.393. The van der Waals surface area contributed by atoms with Crippen LogP contribution in [0.25, 0.3) is 16.9 Å². The number of imidazole rings is 1. The highest BCUT2D eigenvalue weighted by Gasteiger charge is 2.51. The SMILES string of the molecule is C=C[C@@]1(NS(=O)C(C)(C)C)C2CCC1Cc1cc(-c3cn(-c4ccc(F)cc4)cn3)ccc1C2. The molecule has 1 fully saturated rings. The average Bonchev–Trinajstić information content (AvgIpc) is 3.37. The summed E-state index contributed by atoms with van der Waals surface area (Å²) in [6, 6.07) is 13.1. The lowest BCUT2D eigenvalue weighted by molar-refractivity contribution is 0.292. The second-order valence-electron chi connectivity index (χ2n) is 10.6. The van der Waals surface area contributed by atoms with Crippen molar-refractivity contribution in [2.45, 2.75) is 56.7 Å². The van der Waals surface area contributed by atoms with Gasteiger partial charge in [0.25, 0.3) is 0 Å². The number of halogens is 1. The number of nitrogens with one attached hydrogen (secondary N) is 1. The zero-order valence-corrected chi connectivity index (χ0v) is 20.9. The van der Waals surface area contributed by atoms with Crippen molar-refractivity contribution in [2.24, 2.45) is 11.8 Å². The van der Waals surface area contributed by atoms with E-state index in [1.54, 1.807) is 18.5 Å². The number of benzene rings is 2. The van der Waals surface area contributed by atoms with Gasteiger partial charge in [-0.3, -0.25) is 0 Å². The Hall–Kier alpha value is -2.57. The van der Waals surface area contributed by atoms with Gasteiger partial charge < -0.3 is 4.57 Å². The summed E-state index contributed by atoms with van der Waals surface area (Å²) in [5.41, 5.74) is 5.23. The summed E-state index contributed by atoms with van der Waals surface area (Å²) in [6.45, 7) is 10.2. The zero-order valence-electron chi connectivity index (χ0n) is 20.1. The Kier molecular flexibility index (Phi) is 5.85. The van der Waals surface area contributed by atoms with Gasteiger partial charge in [-0.05, 0) is 99.7 Å². The third kappa shape index (κ3) is 4.07. The number of fused-ring (bicyclic) bond motifs is 3. The van der Waals surface area contributed by atoms with Gasteiger partial charge in [0.2, 0.25) is 0 Å². The fourth-order valence-corrected chi connectivity index (χ4v) is 6.59. The van der Waals surface area contributed by atoms with E-state index in [2.05, 4.69) is 34.5 Å². The van der Waals surface area contributed by atoms with Crippen LogP contribution in [-0.4, -0.2) is 24.0 Å². The van der Waals surface area contributed by atoms with Gasteiger partial charge in [0.1, 0.15) is 5.82 Å². The van der Waals surface area contributed by atoms with Crippen molar-refractivity contribution in [3.05, 3.63) is 84.6 Å². The molecule has 0 saturated heterocycles. The lowest BCUT2D eigenvalue weighted by Gasteiger charge is -2.39. The average molecular weight is 478 g/mol. The summed E-state index contributed by atoms with van der Waals surface area (Å²) in [6.07, 6.45) is 9.90. The van der Waals surface area contributed by atoms with E-state index in [0.29, 0.717) is 11.8 Å². The van der Waals surface area contributed by atoms with E-state index in [1.165, 1.54) is 23.3 Å². The molecular weight excluding hydrogens is 445 g/mol. The third-order valence-corrected chi connectivity index (χ3v) is 9.17. The molecule has 1 saturated carbocycles. The number of rotatable bonds is 5. The van der Waals surface area contributed by atoms with Crippen LogP contribution in [0, 0.1) is 17.7 Å². The summed E-state index contributed by atoms with van der Waals surface area (Å²) in [5.74, 6) is 0.487. The second-order valence-corrected chi connectivity index (χ2v) is 12.6. The molecule has 0 spiro atoms. The van der Waals surface area contributed by atoms with Crippen molar-refractivity contribution in [2.75, 3.05) is 0 Å². The molecule has 3 unspecified atom stereocenters. The van der Waals surface area contributed by atoms with E-state index in [-0.39, 0.29) is 16.1 Å². The van der Waals surface area contributed by atoms with E-state index < -0.39 is 11.0 Å². The molecule has 6 heteroatoms. The molecule has 2 aromatic carbocycles. The molecule has 2 aliphatic carbocycles. The van der Waals surface area contributed by atoms with E-state index in [1.807, 2.05) is 37.6 Å². The molecule has 5 rings (SSSR count). The quantitative estimate of drug-likeness (QED) is 0.474. The highest BCUT2D eigenvalue weighted by molar-refractivity contribution is 7.84. The van der Waals surface area contributed by atoms with Gasteiger partial charge in [-0.1, -0.05) is 18.2 Å². The van der Waals surface area contributed by atoms with Gasteiger partial charge in [0, 0.05) is 17.4 Å². The molecule has 1 heterocycles. The largest absolute Gasteiger partial charge is 0.306 e. The van der Waals surface area contributed by atoms with Gasteiger partial charge in [0.15, 0.2) is 0 Å². The Bertz CT molecular complexity index is 1240. The minimum atomic E-state index is -1.16. The highest BCUT2D eigenvalue weighted by Crippen LogP contribution is 2.48. The summed E-state index contributed by atoms with van der Waals surface area (Å²) in [7, 11) is -1.16. The van der Waals surface area contributed by atoms with Crippen LogP contribution < -0.4 is 4.72 Å². The summed E-state index contributed by atoms with van der Waals surface area (Å²) in [5, 5.41) is 0. The number of hydrogen-bond donors (Lipinski definition) is 1. The van der Waals surface area contributed by atoms with Gasteiger partial charge in [0.05, 0.1) is 33.3 Å². The maximum atomic E-state index is 13.3. The molecule has 1 N–H and O–H groups in total. The molecule has 0 amide bonds. The van der Waals surface area contributed by atoms with Crippen LogP contribution in [0.2, 0.25) is 0 Å². The summed E-state index contributed by atoms with van der Waals surface area (Å²) >= 11 is 0. The molecule has 4 nitrogen and oxygen atoms in total. The lowest BCUT2D eigenvalue weighted by Crippen LogP contribution is -2.55. The molecule has 34 heavy (non-hydrogen) atoms. The summed E-state index contributed by atoms with van der Waals surface area (Å²) in [4.78, 5) is 4.62. The van der Waals surface area contributed by atoms with Crippen molar-refractivity contribution in [1.82, 2.24) is 14.3 Å². The standard InChI is InChI=1S/C28H32FN3OS/c1-5-28(31-34(33)27(2,3)4)22-8-9-23(28)16-21-14-20(7-6-19(21)15-22)26-17-32(18-30-26)25-12-10-24(29)11-13-25/h5-7,10-14,17-18,22-23,31H,1,8-9,15-16H2,2-4H3/t22?,23?,28-,34?/m1/s1. The number of aromatic nitrogens is 2. The molecule has 3 aromatic rings. The predicted molar refractivity (Wildman–Crippen MR) is 137 cm³/mol. The molecule has 178 valence electrons. The van der Waals surface area contributed by atoms with Crippen LogP contribution in [-0.2, 0) is 23.8 Å². The van der Waals surface area contributed by atoms with Gasteiger partial charge >= 0.3 is 0 Å². The van der Waals surface area contributed by atoms with E-state index in [9.17, 15) is 8.60 Å². The van der Waals surface area contributed by atoms with E-state index >= 15 is 0 Å². The minimum absolute atomic E-state index is 0.249. The second kappa shape index (κ2) is 8.58. The first-order valence-corrected chi connectivity index (χ1v) is 13.1. The molecule has 4 atom stereocenters. The van der Waals surface area contributed by atoms with Crippen LogP contribution >= 0.6 is 0 Å². The predicted octanol–water partition coefficient (Wildman–Crippen LogP) is 5.78. The third-order valence-electron chi connectivity index (χ3n) is 7.52.